The zero-order valence-electron chi connectivity index (χ0n) is 12.0. The minimum atomic E-state index is -0.397. The molecule has 2 N–H and O–H groups in total. The van der Waals surface area contributed by atoms with Gasteiger partial charge in [0.1, 0.15) is 6.33 Å². The summed E-state index contributed by atoms with van der Waals surface area (Å²) in [4.78, 5) is 28.5. The molecule has 7 nitrogen and oxygen atoms in total. The highest BCUT2D eigenvalue weighted by molar-refractivity contribution is 5.73. The fourth-order valence-electron chi connectivity index (χ4n) is 2.48. The molecule has 7 heteroatoms. The van der Waals surface area contributed by atoms with Crippen LogP contribution in [0.2, 0.25) is 0 Å². The first-order valence-corrected chi connectivity index (χ1v) is 6.41. The summed E-state index contributed by atoms with van der Waals surface area (Å²) in [5.41, 5.74) is 8.10. The van der Waals surface area contributed by atoms with E-state index in [1.807, 2.05) is 19.1 Å². The molecular weight excluding hydrogens is 270 g/mol. The number of aromatic nitrogens is 4. The zero-order valence-corrected chi connectivity index (χ0v) is 12.0. The predicted octanol–water partition coefficient (Wildman–Crippen LogP) is 0.314. The number of nitrogen functional groups attached to an aromatic ring is 1. The number of fused-ring (bicyclic) bond motifs is 1. The number of nitrogens with zero attached hydrogens (tertiary/aromatic N) is 4. The van der Waals surface area contributed by atoms with Gasteiger partial charge in [-0.15, -0.1) is 0 Å². The quantitative estimate of drug-likeness (QED) is 0.652. The van der Waals surface area contributed by atoms with E-state index >= 15 is 0 Å². The lowest BCUT2D eigenvalue weighted by atomic mass is 10.2. The van der Waals surface area contributed by atoms with Crippen LogP contribution in [0.4, 0.5) is 5.69 Å². The van der Waals surface area contributed by atoms with Crippen molar-refractivity contribution in [2.75, 3.05) is 5.73 Å². The van der Waals surface area contributed by atoms with E-state index in [0.29, 0.717) is 16.9 Å². The molecule has 3 aromatic rings. The molecular formula is C14H15N5O2. The van der Waals surface area contributed by atoms with Crippen LogP contribution in [0.3, 0.4) is 0 Å². The Morgan fingerprint density at radius 3 is 2.52 bits per heavy atom. The number of aryl methyl sites for hydroxylation is 2. The maximum Gasteiger partial charge on any atom is 0.332 e. The first kappa shape index (κ1) is 13.2. The smallest absolute Gasteiger partial charge is 0.332 e. The summed E-state index contributed by atoms with van der Waals surface area (Å²) < 4.78 is 4.12. The summed E-state index contributed by atoms with van der Waals surface area (Å²) in [5.74, 6) is 0. The maximum atomic E-state index is 12.4. The van der Waals surface area contributed by atoms with E-state index in [1.54, 1.807) is 24.0 Å². The second kappa shape index (κ2) is 4.34. The molecule has 0 saturated heterocycles. The molecule has 0 atom stereocenters. The summed E-state index contributed by atoms with van der Waals surface area (Å²) in [6.45, 7) is 1.91. The van der Waals surface area contributed by atoms with E-state index in [1.165, 1.54) is 11.6 Å². The van der Waals surface area contributed by atoms with Gasteiger partial charge in [-0.25, -0.2) is 9.78 Å². The molecule has 0 fully saturated rings. The largest absolute Gasteiger partial charge is 0.399 e. The Morgan fingerprint density at radius 2 is 1.86 bits per heavy atom. The summed E-state index contributed by atoms with van der Waals surface area (Å²) in [7, 11) is 3.05. The van der Waals surface area contributed by atoms with Gasteiger partial charge in [0, 0.05) is 19.8 Å². The van der Waals surface area contributed by atoms with Crippen LogP contribution in [0.25, 0.3) is 16.9 Å². The molecule has 0 aliphatic heterocycles. The Kier molecular flexibility index (Phi) is 2.72. The van der Waals surface area contributed by atoms with Gasteiger partial charge in [-0.2, -0.15) is 0 Å². The number of nitrogens with two attached hydrogens (primary N) is 1. The van der Waals surface area contributed by atoms with Gasteiger partial charge in [0.05, 0.1) is 5.69 Å². The molecule has 3 rings (SSSR count). The minimum Gasteiger partial charge on any atom is -0.399 e. The van der Waals surface area contributed by atoms with Crippen LogP contribution in [0.1, 0.15) is 5.56 Å². The van der Waals surface area contributed by atoms with Crippen LogP contribution in [0.15, 0.2) is 34.1 Å². The standard InChI is InChI=1S/C14H15N5O2/c1-8-6-9(15)4-5-10(8)19-7-16-12-11(19)13(20)18(3)14(21)17(12)2/h4-7H,15H2,1-3H3. The van der Waals surface area contributed by atoms with Gasteiger partial charge >= 0.3 is 5.69 Å². The van der Waals surface area contributed by atoms with Gasteiger partial charge < -0.3 is 5.73 Å². The van der Waals surface area contributed by atoms with Gasteiger partial charge in [-0.1, -0.05) is 0 Å². The van der Waals surface area contributed by atoms with Crippen molar-refractivity contribution in [3.05, 3.63) is 50.9 Å². The molecule has 0 radical (unpaired) electrons. The van der Waals surface area contributed by atoms with Crippen molar-refractivity contribution in [1.29, 1.82) is 0 Å². The number of imidazole rings is 1. The number of anilines is 1. The lowest BCUT2D eigenvalue weighted by Crippen LogP contribution is -2.37. The van der Waals surface area contributed by atoms with Crippen LogP contribution >= 0.6 is 0 Å². The Morgan fingerprint density at radius 1 is 1.14 bits per heavy atom. The second-order valence-electron chi connectivity index (χ2n) is 5.04. The van der Waals surface area contributed by atoms with Crippen LogP contribution in [-0.2, 0) is 14.1 Å². The first-order chi connectivity index (χ1) is 9.91. The average molecular weight is 285 g/mol. The normalized spacial score (nSPS) is 11.2. The fourth-order valence-corrected chi connectivity index (χ4v) is 2.48. The fraction of sp³-hybridized carbons (Fsp3) is 0.214. The van der Waals surface area contributed by atoms with E-state index in [-0.39, 0.29) is 5.56 Å². The Balaban J connectivity index is 2.46. The van der Waals surface area contributed by atoms with Crippen molar-refractivity contribution in [3.63, 3.8) is 0 Å². The van der Waals surface area contributed by atoms with Crippen LogP contribution in [0.5, 0.6) is 0 Å². The van der Waals surface area contributed by atoms with E-state index in [9.17, 15) is 9.59 Å². The molecule has 0 unspecified atom stereocenters. The highest BCUT2D eigenvalue weighted by Crippen LogP contribution is 2.20. The third-order valence-corrected chi connectivity index (χ3v) is 3.63. The summed E-state index contributed by atoms with van der Waals surface area (Å²) in [6.07, 6.45) is 1.55. The molecule has 21 heavy (non-hydrogen) atoms. The molecule has 0 bridgehead atoms. The molecule has 108 valence electrons. The molecule has 0 saturated carbocycles. The Bertz CT molecular complexity index is 977. The summed E-state index contributed by atoms with van der Waals surface area (Å²) in [6, 6.07) is 5.42. The highest BCUT2D eigenvalue weighted by atomic mass is 16.2. The van der Waals surface area contributed by atoms with E-state index < -0.39 is 5.69 Å². The van der Waals surface area contributed by atoms with Gasteiger partial charge in [0.2, 0.25) is 0 Å². The highest BCUT2D eigenvalue weighted by Gasteiger charge is 2.16. The molecule has 0 aliphatic carbocycles. The zero-order chi connectivity index (χ0) is 15.3. The maximum absolute atomic E-state index is 12.4. The van der Waals surface area contributed by atoms with Crippen molar-refractivity contribution in [2.45, 2.75) is 6.92 Å². The van der Waals surface area contributed by atoms with Crippen LogP contribution in [-0.4, -0.2) is 18.7 Å². The monoisotopic (exact) mass is 285 g/mol. The average Bonchev–Trinajstić information content (AvgIpc) is 2.87. The van der Waals surface area contributed by atoms with Crippen LogP contribution in [0, 0.1) is 6.92 Å². The molecule has 0 spiro atoms. The topological polar surface area (TPSA) is 87.8 Å². The molecule has 0 amide bonds. The molecule has 2 heterocycles. The summed E-state index contributed by atoms with van der Waals surface area (Å²) in [5, 5.41) is 0. The van der Waals surface area contributed by atoms with E-state index in [4.69, 9.17) is 5.73 Å². The third-order valence-electron chi connectivity index (χ3n) is 3.63. The Hall–Kier alpha value is -2.83. The van der Waals surface area contributed by atoms with Gasteiger partial charge in [0.15, 0.2) is 11.2 Å². The minimum absolute atomic E-state index is 0.360. The van der Waals surface area contributed by atoms with E-state index in [2.05, 4.69) is 4.98 Å². The molecule has 0 aliphatic rings. The number of hydrogen-bond donors (Lipinski definition) is 1. The first-order valence-electron chi connectivity index (χ1n) is 6.41. The molecule has 2 aromatic heterocycles. The number of rotatable bonds is 1. The molecule has 1 aromatic carbocycles. The van der Waals surface area contributed by atoms with Gasteiger partial charge in [0.25, 0.3) is 5.56 Å². The van der Waals surface area contributed by atoms with Crippen molar-refractivity contribution >= 4 is 16.9 Å². The van der Waals surface area contributed by atoms with Crippen molar-refractivity contribution in [2.24, 2.45) is 14.1 Å². The van der Waals surface area contributed by atoms with Crippen LogP contribution < -0.4 is 17.0 Å². The number of hydrogen-bond acceptors (Lipinski definition) is 4. The third kappa shape index (κ3) is 1.78. The van der Waals surface area contributed by atoms with Crippen molar-refractivity contribution in [1.82, 2.24) is 18.7 Å². The second-order valence-corrected chi connectivity index (χ2v) is 5.04. The Labute approximate surface area is 119 Å². The van der Waals surface area contributed by atoms with Crippen molar-refractivity contribution < 1.29 is 0 Å². The number of benzene rings is 1. The predicted molar refractivity (Wildman–Crippen MR) is 80.7 cm³/mol. The SMILES string of the molecule is Cc1cc(N)ccc1-n1cnc2c1c(=O)n(C)c(=O)n2C. The van der Waals surface area contributed by atoms with E-state index in [0.717, 1.165) is 15.8 Å². The van der Waals surface area contributed by atoms with Gasteiger partial charge in [-0.05, 0) is 30.7 Å². The summed E-state index contributed by atoms with van der Waals surface area (Å²) >= 11 is 0. The lowest BCUT2D eigenvalue weighted by molar-refractivity contribution is 0.707. The van der Waals surface area contributed by atoms with Crippen molar-refractivity contribution in [3.8, 4) is 5.69 Å². The lowest BCUT2D eigenvalue weighted by Gasteiger charge is -2.09. The van der Waals surface area contributed by atoms with Gasteiger partial charge in [-0.3, -0.25) is 18.5 Å².